The second-order valence-corrected chi connectivity index (χ2v) is 8.49. The molecular weight excluding hydrogens is 328 g/mol. The number of piperidine rings is 1. The van der Waals surface area contributed by atoms with Crippen LogP contribution in [0.1, 0.15) is 63.0 Å². The van der Waals surface area contributed by atoms with Crippen LogP contribution in [-0.2, 0) is 6.54 Å². The summed E-state index contributed by atoms with van der Waals surface area (Å²) in [6, 6.07) is 0.719. The molecule has 1 aliphatic carbocycles. The molecular formula is C19H32N6O. The smallest absolute Gasteiger partial charge is 0.289 e. The van der Waals surface area contributed by atoms with Gasteiger partial charge in [0, 0.05) is 31.7 Å². The van der Waals surface area contributed by atoms with Crippen molar-refractivity contribution in [2.24, 2.45) is 5.92 Å². The first-order valence-electron chi connectivity index (χ1n) is 10.3. The third-order valence-electron chi connectivity index (χ3n) is 5.83. The number of hydrogen-bond donors (Lipinski definition) is 1. The molecule has 1 atom stereocenters. The van der Waals surface area contributed by atoms with Crippen molar-refractivity contribution < 1.29 is 4.79 Å². The minimum Gasteiger partial charge on any atom is -0.347 e. The zero-order chi connectivity index (χ0) is 18.1. The Labute approximate surface area is 156 Å². The summed E-state index contributed by atoms with van der Waals surface area (Å²) >= 11 is 0. The van der Waals surface area contributed by atoms with Crippen LogP contribution < -0.4 is 10.2 Å². The highest BCUT2D eigenvalue weighted by Crippen LogP contribution is 2.33. The van der Waals surface area contributed by atoms with Crippen molar-refractivity contribution in [3.8, 4) is 0 Å². The quantitative estimate of drug-likeness (QED) is 0.839. The van der Waals surface area contributed by atoms with Crippen molar-refractivity contribution in [1.29, 1.82) is 0 Å². The largest absolute Gasteiger partial charge is 0.347 e. The number of aromatic nitrogens is 3. The standard InChI is InChI=1S/C19H32N6O/c1-14(2)20-18(26)17-21-22-19(25(17)12-15-7-8-15)24-11-5-6-16(13-24)23-9-3-4-10-23/h14-16H,3-13H2,1-2H3,(H,20,26). The number of carbonyl (C=O) groups is 1. The van der Waals surface area contributed by atoms with Crippen molar-refractivity contribution in [2.45, 2.75) is 71.0 Å². The molecule has 7 heteroatoms. The first-order valence-corrected chi connectivity index (χ1v) is 10.3. The van der Waals surface area contributed by atoms with Crippen molar-refractivity contribution in [3.63, 3.8) is 0 Å². The Morgan fingerprint density at radius 1 is 1.12 bits per heavy atom. The second kappa shape index (κ2) is 7.55. The topological polar surface area (TPSA) is 66.3 Å². The molecule has 2 aliphatic heterocycles. The summed E-state index contributed by atoms with van der Waals surface area (Å²) in [6.07, 6.45) is 7.61. The molecule has 2 saturated heterocycles. The molecule has 3 fully saturated rings. The highest BCUT2D eigenvalue weighted by atomic mass is 16.2. The number of hydrogen-bond acceptors (Lipinski definition) is 5. The lowest BCUT2D eigenvalue weighted by Crippen LogP contribution is -2.48. The number of nitrogens with one attached hydrogen (secondary N) is 1. The van der Waals surface area contributed by atoms with Crippen LogP contribution in [0.2, 0.25) is 0 Å². The molecule has 4 rings (SSSR count). The lowest BCUT2D eigenvalue weighted by atomic mass is 10.0. The van der Waals surface area contributed by atoms with E-state index in [4.69, 9.17) is 0 Å². The maximum atomic E-state index is 12.6. The fourth-order valence-corrected chi connectivity index (χ4v) is 4.29. The third kappa shape index (κ3) is 3.87. The first-order chi connectivity index (χ1) is 12.6. The third-order valence-corrected chi connectivity index (χ3v) is 5.83. The van der Waals surface area contributed by atoms with E-state index in [1.807, 2.05) is 13.8 Å². The van der Waals surface area contributed by atoms with Gasteiger partial charge in [0.15, 0.2) is 0 Å². The van der Waals surface area contributed by atoms with Crippen LogP contribution in [0.5, 0.6) is 0 Å². The van der Waals surface area contributed by atoms with Gasteiger partial charge < -0.3 is 10.2 Å². The van der Waals surface area contributed by atoms with Crippen LogP contribution in [0.25, 0.3) is 0 Å². The molecule has 3 heterocycles. The minimum absolute atomic E-state index is 0.103. The van der Waals surface area contributed by atoms with Gasteiger partial charge in [0.25, 0.3) is 5.91 Å². The molecule has 7 nitrogen and oxygen atoms in total. The van der Waals surface area contributed by atoms with Crippen molar-refractivity contribution in [3.05, 3.63) is 5.82 Å². The number of likely N-dealkylation sites (tertiary alicyclic amines) is 1. The van der Waals surface area contributed by atoms with Crippen molar-refractivity contribution in [2.75, 3.05) is 31.1 Å². The van der Waals surface area contributed by atoms with Gasteiger partial charge in [-0.25, -0.2) is 0 Å². The molecule has 1 amide bonds. The lowest BCUT2D eigenvalue weighted by Gasteiger charge is -2.38. The van der Waals surface area contributed by atoms with E-state index in [0.29, 0.717) is 17.8 Å². The molecule has 1 saturated carbocycles. The molecule has 0 aromatic carbocycles. The zero-order valence-corrected chi connectivity index (χ0v) is 16.2. The Morgan fingerprint density at radius 2 is 1.88 bits per heavy atom. The summed E-state index contributed by atoms with van der Waals surface area (Å²) in [4.78, 5) is 17.6. The number of nitrogens with zero attached hydrogens (tertiary/aromatic N) is 5. The summed E-state index contributed by atoms with van der Waals surface area (Å²) in [7, 11) is 0. The number of carbonyl (C=O) groups excluding carboxylic acids is 1. The van der Waals surface area contributed by atoms with Gasteiger partial charge in [-0.1, -0.05) is 0 Å². The summed E-state index contributed by atoms with van der Waals surface area (Å²) in [5.41, 5.74) is 0. The van der Waals surface area contributed by atoms with Crippen LogP contribution in [0.4, 0.5) is 5.95 Å². The summed E-state index contributed by atoms with van der Waals surface area (Å²) < 4.78 is 2.09. The predicted molar refractivity (Wildman–Crippen MR) is 101 cm³/mol. The minimum atomic E-state index is -0.104. The van der Waals surface area contributed by atoms with E-state index >= 15 is 0 Å². The monoisotopic (exact) mass is 360 g/mol. The lowest BCUT2D eigenvalue weighted by molar-refractivity contribution is 0.0927. The molecule has 26 heavy (non-hydrogen) atoms. The van der Waals surface area contributed by atoms with E-state index in [0.717, 1.165) is 25.6 Å². The van der Waals surface area contributed by atoms with Crippen molar-refractivity contribution in [1.82, 2.24) is 25.0 Å². The fourth-order valence-electron chi connectivity index (χ4n) is 4.29. The van der Waals surface area contributed by atoms with Crippen LogP contribution >= 0.6 is 0 Å². The molecule has 0 spiro atoms. The van der Waals surface area contributed by atoms with Gasteiger partial charge in [0.1, 0.15) is 0 Å². The molecule has 1 aromatic rings. The Kier molecular flexibility index (Phi) is 5.16. The Bertz CT molecular complexity index is 632. The van der Waals surface area contributed by atoms with Gasteiger partial charge in [0.2, 0.25) is 11.8 Å². The average molecular weight is 361 g/mol. The predicted octanol–water partition coefficient (Wildman–Crippen LogP) is 1.89. The van der Waals surface area contributed by atoms with E-state index in [9.17, 15) is 4.79 Å². The van der Waals surface area contributed by atoms with Gasteiger partial charge >= 0.3 is 0 Å². The van der Waals surface area contributed by atoms with Gasteiger partial charge in [-0.15, -0.1) is 10.2 Å². The normalized spacial score (nSPS) is 24.4. The van der Waals surface area contributed by atoms with Gasteiger partial charge in [-0.2, -0.15) is 0 Å². The van der Waals surface area contributed by atoms with E-state index in [1.54, 1.807) is 0 Å². The highest BCUT2D eigenvalue weighted by Gasteiger charge is 2.32. The maximum absolute atomic E-state index is 12.6. The van der Waals surface area contributed by atoms with Crippen LogP contribution in [0, 0.1) is 5.92 Å². The molecule has 1 N–H and O–H groups in total. The average Bonchev–Trinajstić information content (AvgIpc) is 3.11. The molecule has 144 valence electrons. The Balaban J connectivity index is 1.54. The summed E-state index contributed by atoms with van der Waals surface area (Å²) in [6.45, 7) is 9.31. The SMILES string of the molecule is CC(C)NC(=O)c1nnc(N2CCCC(N3CCCC3)C2)n1CC1CC1. The van der Waals surface area contributed by atoms with Crippen LogP contribution in [-0.4, -0.2) is 63.8 Å². The van der Waals surface area contributed by atoms with Gasteiger partial charge in [-0.3, -0.25) is 14.3 Å². The van der Waals surface area contributed by atoms with E-state index < -0.39 is 0 Å². The van der Waals surface area contributed by atoms with E-state index in [1.165, 1.54) is 51.6 Å². The van der Waals surface area contributed by atoms with Crippen molar-refractivity contribution >= 4 is 11.9 Å². The number of anilines is 1. The van der Waals surface area contributed by atoms with E-state index in [2.05, 4.69) is 29.9 Å². The molecule has 0 bridgehead atoms. The summed E-state index contributed by atoms with van der Waals surface area (Å²) in [5, 5.41) is 11.7. The molecule has 0 radical (unpaired) electrons. The van der Waals surface area contributed by atoms with E-state index in [-0.39, 0.29) is 11.9 Å². The maximum Gasteiger partial charge on any atom is 0.289 e. The molecule has 3 aliphatic rings. The molecule has 1 unspecified atom stereocenters. The first kappa shape index (κ1) is 17.8. The van der Waals surface area contributed by atoms with Crippen LogP contribution in [0.15, 0.2) is 0 Å². The fraction of sp³-hybridized carbons (Fsp3) is 0.842. The van der Waals surface area contributed by atoms with Crippen LogP contribution in [0.3, 0.4) is 0 Å². The molecule has 1 aromatic heterocycles. The van der Waals surface area contributed by atoms with Gasteiger partial charge in [-0.05, 0) is 71.4 Å². The highest BCUT2D eigenvalue weighted by molar-refractivity contribution is 5.91. The summed E-state index contributed by atoms with van der Waals surface area (Å²) in [5.74, 6) is 1.95. The zero-order valence-electron chi connectivity index (χ0n) is 16.2. The Hall–Kier alpha value is -1.63. The number of rotatable bonds is 6. The van der Waals surface area contributed by atoms with Gasteiger partial charge in [0.05, 0.1) is 0 Å². The second-order valence-electron chi connectivity index (χ2n) is 8.49. The number of amides is 1. The Morgan fingerprint density at radius 3 is 2.58 bits per heavy atom.